The van der Waals surface area contributed by atoms with Gasteiger partial charge in [0.15, 0.2) is 0 Å². The number of aliphatic carboxylic acids is 1. The summed E-state index contributed by atoms with van der Waals surface area (Å²) in [5.74, 6) is -0.754. The minimum Gasteiger partial charge on any atom is -0.481 e. The zero-order valence-electron chi connectivity index (χ0n) is 12.0. The second-order valence-electron chi connectivity index (χ2n) is 5.75. The van der Waals surface area contributed by atoms with Crippen molar-refractivity contribution >= 4 is 16.9 Å². The second kappa shape index (κ2) is 4.72. The summed E-state index contributed by atoms with van der Waals surface area (Å²) in [6.07, 6.45) is 0.548. The Kier molecular flexibility index (Phi) is 3.40. The predicted molar refractivity (Wildman–Crippen MR) is 77.5 cm³/mol. The maximum absolute atomic E-state index is 11.3. The predicted octanol–water partition coefficient (Wildman–Crippen LogP) is 3.62. The van der Waals surface area contributed by atoms with E-state index in [1.807, 2.05) is 12.1 Å². The molecule has 0 aliphatic rings. The van der Waals surface area contributed by atoms with Crippen LogP contribution in [0.5, 0.6) is 0 Å². The van der Waals surface area contributed by atoms with Gasteiger partial charge in [0.25, 0.3) is 0 Å². The molecule has 0 atom stereocenters. The Bertz CT molecular complexity index is 623. The van der Waals surface area contributed by atoms with Crippen LogP contribution >= 0.6 is 0 Å². The third kappa shape index (κ3) is 2.37. The Hall–Kier alpha value is -1.77. The Labute approximate surface area is 113 Å². The molecule has 3 nitrogen and oxygen atoms in total. The van der Waals surface area contributed by atoms with Crippen molar-refractivity contribution in [1.29, 1.82) is 0 Å². The molecule has 0 aliphatic heterocycles. The highest BCUT2D eigenvalue weighted by molar-refractivity contribution is 5.86. The molecule has 0 amide bonds. The molecule has 2 rings (SSSR count). The van der Waals surface area contributed by atoms with E-state index in [0.29, 0.717) is 6.42 Å². The summed E-state index contributed by atoms with van der Waals surface area (Å²) in [5, 5.41) is 10.5. The van der Waals surface area contributed by atoms with E-state index in [0.717, 1.165) is 12.1 Å². The van der Waals surface area contributed by atoms with Crippen molar-refractivity contribution in [1.82, 2.24) is 4.57 Å². The molecule has 0 saturated heterocycles. The van der Waals surface area contributed by atoms with Crippen LogP contribution in [0, 0.1) is 12.3 Å². The van der Waals surface area contributed by atoms with E-state index in [1.54, 1.807) is 13.8 Å². The third-order valence-electron chi connectivity index (χ3n) is 3.77. The molecule has 1 aromatic carbocycles. The summed E-state index contributed by atoms with van der Waals surface area (Å²) < 4.78 is 2.26. The monoisotopic (exact) mass is 259 g/mol. The molecule has 2 aromatic rings. The van der Waals surface area contributed by atoms with Crippen LogP contribution < -0.4 is 0 Å². The maximum atomic E-state index is 11.3. The van der Waals surface area contributed by atoms with Crippen molar-refractivity contribution in [2.24, 2.45) is 5.41 Å². The van der Waals surface area contributed by atoms with E-state index in [2.05, 4.69) is 30.5 Å². The molecule has 102 valence electrons. The highest BCUT2D eigenvalue weighted by Crippen LogP contribution is 2.29. The molecule has 0 spiro atoms. The largest absolute Gasteiger partial charge is 0.481 e. The number of carboxylic acid groups (broad SMARTS) is 1. The van der Waals surface area contributed by atoms with Crippen LogP contribution in [0.4, 0.5) is 0 Å². The lowest BCUT2D eigenvalue weighted by Crippen LogP contribution is -2.26. The Balaban J connectivity index is 2.54. The van der Waals surface area contributed by atoms with Gasteiger partial charge in [-0.3, -0.25) is 4.79 Å². The molecule has 0 unspecified atom stereocenters. The van der Waals surface area contributed by atoms with Gasteiger partial charge in [-0.05, 0) is 51.8 Å². The van der Waals surface area contributed by atoms with Crippen molar-refractivity contribution < 1.29 is 9.90 Å². The number of aromatic nitrogens is 1. The van der Waals surface area contributed by atoms with Gasteiger partial charge >= 0.3 is 5.97 Å². The number of aryl methyl sites for hydroxylation is 2. The highest BCUT2D eigenvalue weighted by atomic mass is 16.4. The SMILES string of the molecule is CCn1c(C)cc2c(CC(C)(C)C(=O)O)cccc21. The Morgan fingerprint density at radius 3 is 2.63 bits per heavy atom. The standard InChI is InChI=1S/C16H21NO2/c1-5-17-11(2)9-13-12(7-6-8-14(13)17)10-16(3,4)15(18)19/h6-9H,5,10H2,1-4H3,(H,18,19). The first-order chi connectivity index (χ1) is 8.86. The molecule has 0 fully saturated rings. The zero-order valence-corrected chi connectivity index (χ0v) is 12.0. The molecule has 1 N–H and O–H groups in total. The van der Waals surface area contributed by atoms with Crippen LogP contribution in [0.1, 0.15) is 32.0 Å². The number of carboxylic acids is 1. The van der Waals surface area contributed by atoms with Gasteiger partial charge < -0.3 is 9.67 Å². The number of carbonyl (C=O) groups is 1. The molecule has 0 aliphatic carbocycles. The van der Waals surface area contributed by atoms with E-state index >= 15 is 0 Å². The summed E-state index contributed by atoms with van der Waals surface area (Å²) >= 11 is 0. The molecular weight excluding hydrogens is 238 g/mol. The summed E-state index contributed by atoms with van der Waals surface area (Å²) in [7, 11) is 0. The quantitative estimate of drug-likeness (QED) is 0.911. The Morgan fingerprint density at radius 1 is 1.37 bits per heavy atom. The molecule has 19 heavy (non-hydrogen) atoms. The smallest absolute Gasteiger partial charge is 0.309 e. The van der Waals surface area contributed by atoms with Gasteiger partial charge in [-0.1, -0.05) is 12.1 Å². The first-order valence-electron chi connectivity index (χ1n) is 6.68. The number of fused-ring (bicyclic) bond motifs is 1. The lowest BCUT2D eigenvalue weighted by atomic mass is 9.85. The maximum Gasteiger partial charge on any atom is 0.309 e. The van der Waals surface area contributed by atoms with Crippen LogP contribution in [0.25, 0.3) is 10.9 Å². The van der Waals surface area contributed by atoms with E-state index in [4.69, 9.17) is 0 Å². The van der Waals surface area contributed by atoms with Crippen LogP contribution in [-0.2, 0) is 17.8 Å². The molecule has 3 heteroatoms. The fourth-order valence-corrected chi connectivity index (χ4v) is 2.60. The van der Waals surface area contributed by atoms with E-state index in [1.165, 1.54) is 16.6 Å². The Morgan fingerprint density at radius 2 is 2.05 bits per heavy atom. The molecule has 1 heterocycles. The molecule has 1 aromatic heterocycles. The van der Waals surface area contributed by atoms with E-state index in [9.17, 15) is 9.90 Å². The first-order valence-corrected chi connectivity index (χ1v) is 6.68. The van der Waals surface area contributed by atoms with Crippen LogP contribution in [0.15, 0.2) is 24.3 Å². The van der Waals surface area contributed by atoms with Crippen LogP contribution in [0.3, 0.4) is 0 Å². The summed E-state index contributed by atoms with van der Waals surface area (Å²) in [4.78, 5) is 11.3. The van der Waals surface area contributed by atoms with Gasteiger partial charge in [-0.2, -0.15) is 0 Å². The van der Waals surface area contributed by atoms with Crippen molar-refractivity contribution in [3.05, 3.63) is 35.5 Å². The van der Waals surface area contributed by atoms with Gasteiger partial charge in [0.2, 0.25) is 0 Å². The van der Waals surface area contributed by atoms with Crippen molar-refractivity contribution in [3.8, 4) is 0 Å². The van der Waals surface area contributed by atoms with Gasteiger partial charge in [0.05, 0.1) is 5.41 Å². The van der Waals surface area contributed by atoms with Gasteiger partial charge in [-0.25, -0.2) is 0 Å². The summed E-state index contributed by atoms with van der Waals surface area (Å²) in [5.41, 5.74) is 2.79. The average molecular weight is 259 g/mol. The lowest BCUT2D eigenvalue weighted by Gasteiger charge is -2.19. The topological polar surface area (TPSA) is 42.2 Å². The summed E-state index contributed by atoms with van der Waals surface area (Å²) in [6, 6.07) is 8.31. The zero-order chi connectivity index (χ0) is 14.2. The minimum absolute atomic E-state index is 0.548. The molecule has 0 radical (unpaired) electrons. The fraction of sp³-hybridized carbons (Fsp3) is 0.438. The number of benzene rings is 1. The van der Waals surface area contributed by atoms with Crippen molar-refractivity contribution in [3.63, 3.8) is 0 Å². The van der Waals surface area contributed by atoms with E-state index < -0.39 is 11.4 Å². The molecular formula is C16H21NO2. The normalized spacial score (nSPS) is 12.0. The van der Waals surface area contributed by atoms with Crippen LogP contribution in [-0.4, -0.2) is 15.6 Å². The van der Waals surface area contributed by atoms with Crippen molar-refractivity contribution in [2.45, 2.75) is 40.7 Å². The lowest BCUT2D eigenvalue weighted by molar-refractivity contribution is -0.146. The molecule has 0 bridgehead atoms. The van der Waals surface area contributed by atoms with Crippen LogP contribution in [0.2, 0.25) is 0 Å². The van der Waals surface area contributed by atoms with Crippen molar-refractivity contribution in [2.75, 3.05) is 0 Å². The minimum atomic E-state index is -0.754. The number of rotatable bonds is 4. The number of nitrogens with zero attached hydrogens (tertiary/aromatic N) is 1. The first kappa shape index (κ1) is 13.7. The number of hydrogen-bond acceptors (Lipinski definition) is 1. The molecule has 0 saturated carbocycles. The summed E-state index contributed by atoms with van der Waals surface area (Å²) in [6.45, 7) is 8.70. The fourth-order valence-electron chi connectivity index (χ4n) is 2.60. The number of hydrogen-bond donors (Lipinski definition) is 1. The van der Waals surface area contributed by atoms with Gasteiger partial charge in [0.1, 0.15) is 0 Å². The highest BCUT2D eigenvalue weighted by Gasteiger charge is 2.28. The van der Waals surface area contributed by atoms with Gasteiger partial charge in [-0.15, -0.1) is 0 Å². The average Bonchev–Trinajstić information content (AvgIpc) is 2.65. The van der Waals surface area contributed by atoms with Gasteiger partial charge in [0, 0.05) is 23.1 Å². The third-order valence-corrected chi connectivity index (χ3v) is 3.77. The van der Waals surface area contributed by atoms with E-state index in [-0.39, 0.29) is 0 Å². The second-order valence-corrected chi connectivity index (χ2v) is 5.75.